The summed E-state index contributed by atoms with van der Waals surface area (Å²) in [5.41, 5.74) is 16.4. The first-order valence-electron chi connectivity index (χ1n) is 20.5. The Kier molecular flexibility index (Phi) is 8.03. The van der Waals surface area contributed by atoms with Crippen molar-refractivity contribution in [2.24, 2.45) is 0 Å². The first-order chi connectivity index (χ1) is 28.6. The highest BCUT2D eigenvalue weighted by atomic mass is 32.2. The van der Waals surface area contributed by atoms with Gasteiger partial charge in [0.05, 0.1) is 22.1 Å². The lowest BCUT2D eigenvalue weighted by atomic mass is 9.65. The van der Waals surface area contributed by atoms with Gasteiger partial charge in [-0.2, -0.15) is 4.18 Å². The zero-order chi connectivity index (χ0) is 40.1. The number of para-hydroxylation sites is 3. The quantitative estimate of drug-likeness (QED) is 0.117. The summed E-state index contributed by atoms with van der Waals surface area (Å²) in [6.45, 7) is 7.92. The van der Waals surface area contributed by atoms with Gasteiger partial charge in [0.15, 0.2) is 28.1 Å². The van der Waals surface area contributed by atoms with Crippen LogP contribution in [0.1, 0.15) is 49.9 Å². The third-order valence-electron chi connectivity index (χ3n) is 13.2. The van der Waals surface area contributed by atoms with Crippen molar-refractivity contribution >= 4 is 33.8 Å². The Morgan fingerprint density at radius 3 is 1.75 bits per heavy atom. The van der Waals surface area contributed by atoms with Gasteiger partial charge in [-0.15, -0.1) is 0 Å². The molecular weight excluding hydrogens is 739 g/mol. The van der Waals surface area contributed by atoms with Gasteiger partial charge in [0, 0.05) is 30.2 Å². The number of hydrogen-bond donors (Lipinski definition) is 0. The minimum absolute atomic E-state index is 0.560. The smallest absolute Gasteiger partial charge is 0.195 e. The van der Waals surface area contributed by atoms with Crippen LogP contribution in [0.25, 0.3) is 72.0 Å². The monoisotopic (exact) mass is 783 g/mol. The van der Waals surface area contributed by atoms with E-state index in [2.05, 4.69) is 187 Å². The molecule has 4 heteroatoms. The van der Waals surface area contributed by atoms with Gasteiger partial charge >= 0.3 is 0 Å². The first kappa shape index (κ1) is 36.0. The summed E-state index contributed by atoms with van der Waals surface area (Å²) < 4.78 is 9.20. The number of thiol groups is 1. The minimum atomic E-state index is -0.786. The number of fused-ring (bicyclic) bond motifs is 12. The maximum Gasteiger partial charge on any atom is 0.195 e. The summed E-state index contributed by atoms with van der Waals surface area (Å²) in [6.07, 6.45) is 0. The Morgan fingerprint density at radius 1 is 0.492 bits per heavy atom. The van der Waals surface area contributed by atoms with Crippen LogP contribution < -0.4 is 0 Å². The van der Waals surface area contributed by atoms with Crippen LogP contribution in [0, 0.1) is 0 Å². The predicted octanol–water partition coefficient (Wildman–Crippen LogP) is 12.8. The predicted molar refractivity (Wildman–Crippen MR) is 248 cm³/mol. The van der Waals surface area contributed by atoms with E-state index in [9.17, 15) is 0 Å². The minimum Gasteiger partial charge on any atom is -0.439 e. The van der Waals surface area contributed by atoms with E-state index in [1.54, 1.807) is 0 Å². The van der Waals surface area contributed by atoms with Crippen molar-refractivity contribution in [2.75, 3.05) is 0 Å². The largest absolute Gasteiger partial charge is 0.439 e. The molecule has 3 nitrogen and oxygen atoms in total. The molecule has 9 aromatic rings. The topological polar surface area (TPSA) is 37.1 Å². The molecular formula is C55H45NO2S+2. The summed E-state index contributed by atoms with van der Waals surface area (Å²) in [5.74, 6) is 0. The third kappa shape index (κ3) is 5.30. The average molecular weight is 784 g/mol. The zero-order valence-corrected chi connectivity index (χ0v) is 34.5. The summed E-state index contributed by atoms with van der Waals surface area (Å²) >= 11 is 0.740. The van der Waals surface area contributed by atoms with Crippen molar-refractivity contribution in [3.63, 3.8) is 0 Å². The second-order valence-electron chi connectivity index (χ2n) is 17.1. The fourth-order valence-electron chi connectivity index (χ4n) is 9.52. The van der Waals surface area contributed by atoms with E-state index in [0.29, 0.717) is 0 Å². The lowest BCUT2D eigenvalue weighted by Crippen LogP contribution is -2.46. The molecule has 2 N–H and O–H groups in total. The van der Waals surface area contributed by atoms with Crippen LogP contribution in [0.15, 0.2) is 187 Å². The Bertz CT molecular complexity index is 3100. The Morgan fingerprint density at radius 2 is 1.03 bits per heavy atom. The molecule has 0 bridgehead atoms. The fourth-order valence-corrected chi connectivity index (χ4v) is 10.5. The molecule has 11 rings (SSSR count). The SMILES string of the molecule is CC(C)([OH2+])C(C)(C)O[SH+]c1cccc2c1-c1cc(-c3ccc(-c4ccc(-c5ccccc5)cc4)cc3)ccc1C21c2ccccc2-n2c3ccccc3c3cccc1c32. The Labute approximate surface area is 349 Å². The second kappa shape index (κ2) is 13.2. The zero-order valence-electron chi connectivity index (χ0n) is 33.6. The molecule has 1 unspecified atom stereocenters. The lowest BCUT2D eigenvalue weighted by Gasteiger charge is -2.39. The standard InChI is InChI=1S/C55H43NO2S/c1-53(2,57)54(3,4)58-59-50-23-13-19-46-51(50)43-34-40(39-30-28-38(29-31-39)37-26-24-36(25-27-37)35-14-6-5-7-15-35)32-33-44(43)55(46)45-18-9-11-22-49(45)56-48-21-10-8-16-41(48)42-17-12-20-47(55)52(42)56/h5-34,57H,1-4H3/p+2. The lowest BCUT2D eigenvalue weighted by molar-refractivity contribution is -0.0821. The average Bonchev–Trinajstić information content (AvgIpc) is 3.76. The molecule has 0 saturated carbocycles. The van der Waals surface area contributed by atoms with Crippen molar-refractivity contribution in [1.29, 1.82) is 0 Å². The van der Waals surface area contributed by atoms with Gasteiger partial charge in [-0.3, -0.25) is 0 Å². The molecule has 1 aliphatic carbocycles. The highest BCUT2D eigenvalue weighted by molar-refractivity contribution is 7.73. The van der Waals surface area contributed by atoms with Gasteiger partial charge in [-0.1, -0.05) is 158 Å². The molecule has 0 saturated heterocycles. The molecule has 1 spiro atoms. The van der Waals surface area contributed by atoms with Gasteiger partial charge in [0.1, 0.15) is 0 Å². The van der Waals surface area contributed by atoms with Crippen molar-refractivity contribution < 1.29 is 9.29 Å². The number of aromatic nitrogens is 1. The Balaban J connectivity index is 1.10. The van der Waals surface area contributed by atoms with Gasteiger partial charge < -0.3 is 9.67 Å². The number of nitrogens with zero attached hydrogens (tertiary/aromatic N) is 1. The molecule has 8 aromatic carbocycles. The maximum atomic E-state index is 8.89. The molecule has 0 fully saturated rings. The van der Waals surface area contributed by atoms with E-state index in [1.165, 1.54) is 94.3 Å². The van der Waals surface area contributed by atoms with Gasteiger partial charge in [0.25, 0.3) is 0 Å². The van der Waals surface area contributed by atoms with Gasteiger partial charge in [-0.25, -0.2) is 0 Å². The molecule has 0 amide bonds. The van der Waals surface area contributed by atoms with Crippen LogP contribution in [0.3, 0.4) is 0 Å². The summed E-state index contributed by atoms with van der Waals surface area (Å²) in [5, 5.41) is 11.4. The molecule has 2 aliphatic rings. The van der Waals surface area contributed by atoms with E-state index in [1.807, 2.05) is 27.7 Å². The molecule has 1 aliphatic heterocycles. The number of hydrogen-bond acceptors (Lipinski definition) is 1. The molecule has 286 valence electrons. The van der Waals surface area contributed by atoms with Crippen molar-refractivity contribution in [1.82, 2.24) is 4.57 Å². The van der Waals surface area contributed by atoms with Gasteiger partial charge in [0.2, 0.25) is 0 Å². The van der Waals surface area contributed by atoms with E-state index in [4.69, 9.17) is 9.29 Å². The molecule has 59 heavy (non-hydrogen) atoms. The van der Waals surface area contributed by atoms with Crippen LogP contribution in [0.4, 0.5) is 0 Å². The maximum absolute atomic E-state index is 8.89. The van der Waals surface area contributed by atoms with Crippen LogP contribution in [0.2, 0.25) is 0 Å². The first-order valence-corrected chi connectivity index (χ1v) is 21.3. The normalized spacial score (nSPS) is 15.4. The molecule has 1 aromatic heterocycles. The molecule has 2 heterocycles. The molecule has 1 atom stereocenters. The third-order valence-corrected chi connectivity index (χ3v) is 14.3. The van der Waals surface area contributed by atoms with Crippen LogP contribution >= 0.6 is 0 Å². The van der Waals surface area contributed by atoms with Crippen LogP contribution in [-0.2, 0) is 21.6 Å². The second-order valence-corrected chi connectivity index (χ2v) is 18.0. The molecule has 0 radical (unpaired) electrons. The highest BCUT2D eigenvalue weighted by Gasteiger charge is 2.53. The number of rotatable bonds is 7. The van der Waals surface area contributed by atoms with Crippen LogP contribution in [0.5, 0.6) is 0 Å². The summed E-state index contributed by atoms with van der Waals surface area (Å²) in [7, 11) is 0. The fraction of sp³-hybridized carbons (Fsp3) is 0.127. The van der Waals surface area contributed by atoms with Crippen molar-refractivity contribution in [2.45, 2.75) is 49.2 Å². The van der Waals surface area contributed by atoms with Gasteiger partial charge in [-0.05, 0) is 99.3 Å². The van der Waals surface area contributed by atoms with E-state index >= 15 is 0 Å². The van der Waals surface area contributed by atoms with E-state index in [0.717, 1.165) is 16.9 Å². The van der Waals surface area contributed by atoms with E-state index < -0.39 is 16.6 Å². The van der Waals surface area contributed by atoms with Crippen LogP contribution in [-0.4, -0.2) is 20.9 Å². The summed E-state index contributed by atoms with van der Waals surface area (Å²) in [4.78, 5) is 1.11. The Hall–Kier alpha value is -6.17. The van der Waals surface area contributed by atoms with Crippen molar-refractivity contribution in [3.8, 4) is 50.2 Å². The van der Waals surface area contributed by atoms with Crippen molar-refractivity contribution in [3.05, 3.63) is 204 Å². The van der Waals surface area contributed by atoms with E-state index in [-0.39, 0.29) is 0 Å². The number of benzene rings is 8. The summed E-state index contributed by atoms with van der Waals surface area (Å²) in [6, 6.07) is 67.0. The highest BCUT2D eigenvalue weighted by Crippen LogP contribution is 2.62.